The lowest BCUT2D eigenvalue weighted by atomic mass is 9.99. The van der Waals surface area contributed by atoms with E-state index in [1.54, 1.807) is 58.0 Å². The topological polar surface area (TPSA) is 612 Å². The van der Waals surface area contributed by atoms with Crippen molar-refractivity contribution in [3.63, 3.8) is 0 Å². The number of nitrogens with two attached hydrogens (primary N) is 5. The number of fused-ring (bicyclic) bond motifs is 4. The summed E-state index contributed by atoms with van der Waals surface area (Å²) in [6, 6.07) is -6.90. The van der Waals surface area contributed by atoms with E-state index in [2.05, 4.69) is 78.8 Å². The Kier molecular flexibility index (Phi) is 35.1. The van der Waals surface area contributed by atoms with Gasteiger partial charge in [0.25, 0.3) is 0 Å². The van der Waals surface area contributed by atoms with Crippen LogP contribution >= 0.6 is 11.8 Å². The van der Waals surface area contributed by atoms with Gasteiger partial charge in [-0.2, -0.15) is 0 Å². The van der Waals surface area contributed by atoms with Gasteiger partial charge in [0.1, 0.15) is 77.5 Å². The number of pyridine rings is 1. The van der Waals surface area contributed by atoms with Crippen LogP contribution in [0.4, 0.5) is 0 Å². The summed E-state index contributed by atoms with van der Waals surface area (Å²) in [7, 11) is 0. The number of hydrogen-bond donors (Lipinski definition) is 20. The summed E-state index contributed by atoms with van der Waals surface area (Å²) in [6.07, 6.45) is -1.14. The molecule has 14 amide bonds. The number of guanidine groups is 1. The van der Waals surface area contributed by atoms with Crippen LogP contribution in [0, 0.1) is 11.8 Å². The Morgan fingerprint density at radius 1 is 0.598 bits per heavy atom. The number of unbranched alkanes of at least 4 members (excludes halogenated alkanes) is 1. The number of nitrogens with one attached hydrogen (secondary N) is 12. The molecule has 102 heavy (non-hydrogen) atoms. The first kappa shape index (κ1) is 84.5. The molecule has 25 N–H and O–H groups in total. The third-order valence-corrected chi connectivity index (χ3v) is 17.0. The number of thioether (sulfide) groups is 1. The van der Waals surface area contributed by atoms with Crippen LogP contribution in [0.3, 0.4) is 0 Å². The average molecular weight is 1450 g/mol. The summed E-state index contributed by atoms with van der Waals surface area (Å²) in [5.41, 5.74) is 29.4. The Labute approximate surface area is 593 Å². The summed E-state index contributed by atoms with van der Waals surface area (Å²) in [6.45, 7) is 6.06. The quantitative estimate of drug-likeness (QED) is 0.0333. The molecule has 1 aromatic heterocycles. The first-order valence-corrected chi connectivity index (χ1v) is 34.3. The highest BCUT2D eigenvalue weighted by molar-refractivity contribution is 8.14. The molecule has 0 fully saturated rings. The fourth-order valence-electron chi connectivity index (χ4n) is 10.3. The van der Waals surface area contributed by atoms with Gasteiger partial charge in [-0.1, -0.05) is 58.0 Å². The van der Waals surface area contributed by atoms with Crippen LogP contribution in [0.5, 0.6) is 0 Å². The summed E-state index contributed by atoms with van der Waals surface area (Å²) < 4.78 is 0. The molecule has 0 radical (unpaired) electrons. The van der Waals surface area contributed by atoms with E-state index in [1.165, 1.54) is 32.2 Å². The van der Waals surface area contributed by atoms with Gasteiger partial charge in [0, 0.05) is 37.8 Å². The number of carbonyl (C=O) groups is 14. The highest BCUT2D eigenvalue weighted by Gasteiger charge is 2.38. The van der Waals surface area contributed by atoms with Crippen molar-refractivity contribution in [1.82, 2.24) is 68.8 Å². The molecule has 4 rings (SSSR count). The van der Waals surface area contributed by atoms with E-state index in [4.69, 9.17) is 28.7 Å². The van der Waals surface area contributed by atoms with Gasteiger partial charge in [0.15, 0.2) is 5.96 Å². The number of aliphatic hydroxyl groups excluding tert-OH is 3. The summed E-state index contributed by atoms with van der Waals surface area (Å²) in [5, 5.41) is 61.2. The van der Waals surface area contributed by atoms with Crippen LogP contribution in [0.15, 0.2) is 58.6 Å². The van der Waals surface area contributed by atoms with Crippen LogP contribution in [-0.2, 0) is 80.0 Å². The zero-order valence-electron chi connectivity index (χ0n) is 57.8. The molecule has 13 atom stereocenters. The highest BCUT2D eigenvalue weighted by atomic mass is 32.2. The molecule has 37 nitrogen and oxygen atoms in total. The van der Waals surface area contributed by atoms with Crippen molar-refractivity contribution in [2.24, 2.45) is 50.5 Å². The molecular formula is C64H98N20O17S. The normalized spacial score (nSPS) is 25.4. The predicted molar refractivity (Wildman–Crippen MR) is 371 cm³/mol. The fraction of sp³-hybridized carbons (Fsp3) is 0.578. The molecule has 2 aromatic rings. The molecule has 4 bridgehead atoms. The van der Waals surface area contributed by atoms with E-state index in [0.29, 0.717) is 17.5 Å². The molecule has 0 unspecified atom stereocenters. The first-order valence-electron chi connectivity index (χ1n) is 33.3. The van der Waals surface area contributed by atoms with E-state index >= 15 is 0 Å². The van der Waals surface area contributed by atoms with Crippen molar-refractivity contribution in [3.8, 4) is 0 Å². The van der Waals surface area contributed by atoms with E-state index in [9.17, 15) is 82.4 Å². The zero-order valence-corrected chi connectivity index (χ0v) is 58.6. The number of nitrogens with zero attached hydrogens (tertiary/aromatic N) is 3. The van der Waals surface area contributed by atoms with Crippen molar-refractivity contribution in [2.75, 3.05) is 38.6 Å². The van der Waals surface area contributed by atoms with E-state index in [0.717, 1.165) is 11.8 Å². The maximum Gasteiger partial charge on any atom is 0.246 e. The number of aliphatic hydroxyl groups is 3. The average Bonchev–Trinajstić information content (AvgIpc) is 1.49. The van der Waals surface area contributed by atoms with Crippen molar-refractivity contribution in [2.45, 2.75) is 184 Å². The minimum absolute atomic E-state index is 0.00698. The van der Waals surface area contributed by atoms with Gasteiger partial charge >= 0.3 is 0 Å². The third-order valence-electron chi connectivity index (χ3n) is 16.0. The number of aromatic nitrogens is 1. The Morgan fingerprint density at radius 3 is 1.72 bits per heavy atom. The van der Waals surface area contributed by atoms with Gasteiger partial charge in [-0.15, -0.1) is 11.8 Å². The second-order valence-electron chi connectivity index (χ2n) is 25.3. The molecule has 0 saturated carbocycles. The standard InChI is InChI=1S/C64H98N20O17S/c1-31(2)23-41-57(96)77-39(17-18-47(66)88)56(95)80-44(28-85)53(92)72-27-48(89)74-42(24-35-13-8-7-9-14-35)58(97)76-38(16-12-21-71-64(68)69)54(93)75-37(15-10-11-20-65)55(94)78-40(51(67)90)25-36-19-22-70-43(26-36)63-82-46(30-102-63)60(99)84-50(34(6)87)62(101)81-45(29-86)59(98)73-33(5)52(91)83-49(32(3)4)61(100)79-41/h7-9,13-14,19,22,26,31-34,37-42,44-46,49-50,85-87H,10-12,15-18,20-21,23-25,27-30,65H2,1-6H3,(H2,66,88)(H2,67,90)(H,72,92)(H,73,98)(H,74,89)(H,75,93)(H,76,97)(H,77,96)(H,78,94)(H,79,100)(H,80,95)(H,81,101)(H,83,91)(H,84,99)(H4,68,69,71)/t33-,34+,37-,38-,39-,40-,41-,42-,44-,45-,46-,49-,50-/m0/s1. The first-order chi connectivity index (χ1) is 48.2. The maximum absolute atomic E-state index is 14.5. The van der Waals surface area contributed by atoms with Crippen LogP contribution in [0.25, 0.3) is 0 Å². The van der Waals surface area contributed by atoms with Crippen molar-refractivity contribution >= 4 is 105 Å². The fourth-order valence-corrected chi connectivity index (χ4v) is 11.3. The number of hydrogen-bond acceptors (Lipinski definition) is 22. The number of primary amides is 2. The molecule has 562 valence electrons. The highest BCUT2D eigenvalue weighted by Crippen LogP contribution is 2.24. The second-order valence-corrected chi connectivity index (χ2v) is 26.3. The van der Waals surface area contributed by atoms with Gasteiger partial charge in [0.05, 0.1) is 31.6 Å². The monoisotopic (exact) mass is 1450 g/mol. The molecule has 38 heteroatoms. The van der Waals surface area contributed by atoms with Crippen molar-refractivity contribution < 1.29 is 82.4 Å². The van der Waals surface area contributed by atoms with Crippen LogP contribution in [0.1, 0.15) is 110 Å². The molecule has 0 aliphatic carbocycles. The van der Waals surface area contributed by atoms with Gasteiger partial charge in [0.2, 0.25) is 82.7 Å². The lowest BCUT2D eigenvalue weighted by Gasteiger charge is -2.29. The van der Waals surface area contributed by atoms with Crippen LogP contribution < -0.4 is 92.5 Å². The van der Waals surface area contributed by atoms with Gasteiger partial charge in [-0.3, -0.25) is 82.1 Å². The largest absolute Gasteiger partial charge is 0.394 e. The maximum atomic E-state index is 14.5. The SMILES string of the molecule is CC(C)C[C@@H]1NC(=O)[C@H](C(C)C)NC(=O)[C@H](C)NC(=O)[C@H](CO)NC(=O)[C@H]([C@@H](C)O)NC(=O)[C@@H]2CSC(=N2)c2cc(ccn2)C[C@@H](C(N)=O)NC(=O)[C@H](CCCCN)NC(=O)[C@H](CCCN=C(N)N)NC(=O)[C@H](Cc2ccccc2)NC(=O)CNC(=O)[C@H](CO)NC(=O)[C@H](CCC(N)=O)NC1=O. The van der Waals surface area contributed by atoms with Crippen LogP contribution in [0.2, 0.25) is 0 Å². The van der Waals surface area contributed by atoms with Gasteiger partial charge < -0.3 is 108 Å². The van der Waals surface area contributed by atoms with Crippen molar-refractivity contribution in [1.29, 1.82) is 0 Å². The molecule has 1 aromatic carbocycles. The summed E-state index contributed by atoms with van der Waals surface area (Å²) in [5.74, 6) is -15.1. The second kappa shape index (κ2) is 42.4. The molecule has 2 aliphatic heterocycles. The zero-order chi connectivity index (χ0) is 75.9. The lowest BCUT2D eigenvalue weighted by molar-refractivity contribution is -0.137. The van der Waals surface area contributed by atoms with E-state index in [1.807, 2.05) is 0 Å². The minimum atomic E-state index is -1.83. The summed E-state index contributed by atoms with van der Waals surface area (Å²) >= 11 is 1.09. The predicted octanol–water partition coefficient (Wildman–Crippen LogP) is -7.79. The molecule has 0 spiro atoms. The van der Waals surface area contributed by atoms with E-state index in [-0.39, 0.29) is 86.4 Å². The van der Waals surface area contributed by atoms with Crippen LogP contribution in [-0.4, -0.2) is 231 Å². The number of carbonyl (C=O) groups excluding carboxylic acids is 14. The number of amides is 14. The van der Waals surface area contributed by atoms with E-state index < -0.39 is 200 Å². The molecular weight excluding hydrogens is 1350 g/mol. The molecule has 0 saturated heterocycles. The van der Waals surface area contributed by atoms with Gasteiger partial charge in [-0.05, 0) is 100 Å². The Balaban J connectivity index is 1.77. The minimum Gasteiger partial charge on any atom is -0.394 e. The number of aliphatic imine (C=N–C) groups is 2. The van der Waals surface area contributed by atoms with Gasteiger partial charge in [-0.25, -0.2) is 0 Å². The smallest absolute Gasteiger partial charge is 0.246 e. The Morgan fingerprint density at radius 2 is 1.14 bits per heavy atom. The number of rotatable bonds is 20. The third kappa shape index (κ3) is 28.2. The summed E-state index contributed by atoms with van der Waals surface area (Å²) in [4.78, 5) is 206. The van der Waals surface area contributed by atoms with Crippen molar-refractivity contribution in [3.05, 3.63) is 65.5 Å². The Bertz CT molecular complexity index is 3340. The Hall–Kier alpha value is -9.92. The molecule has 2 aliphatic rings. The lowest BCUT2D eigenvalue weighted by Crippen LogP contribution is -2.61. The number of benzene rings is 1. The molecule has 3 heterocycles.